The maximum atomic E-state index is 12.0. The Kier molecular flexibility index (Phi) is 3.17. The lowest BCUT2D eigenvalue weighted by atomic mass is 10.0. The fourth-order valence-electron chi connectivity index (χ4n) is 2.92. The monoisotopic (exact) mass is 297 g/mol. The third kappa shape index (κ3) is 2.61. The van der Waals surface area contributed by atoms with E-state index < -0.39 is 0 Å². The van der Waals surface area contributed by atoms with Crippen LogP contribution in [0.25, 0.3) is 0 Å². The van der Waals surface area contributed by atoms with Crippen molar-refractivity contribution in [2.75, 3.05) is 18.0 Å². The van der Waals surface area contributed by atoms with Crippen LogP contribution in [0.15, 0.2) is 29.3 Å². The van der Waals surface area contributed by atoms with Gasteiger partial charge in [-0.05, 0) is 25.8 Å². The molecule has 1 saturated carbocycles. The molecule has 1 aliphatic heterocycles. The molecule has 0 atom stereocenters. The molecular weight excluding hydrogens is 278 g/mol. The molecule has 4 rings (SSSR count). The summed E-state index contributed by atoms with van der Waals surface area (Å²) in [5.41, 5.74) is 2.05. The smallest absolute Gasteiger partial charge is 0.266 e. The van der Waals surface area contributed by atoms with Gasteiger partial charge in [0.05, 0.1) is 12.2 Å². The fraction of sp³-hybridized carbons (Fsp3) is 0.500. The zero-order chi connectivity index (χ0) is 15.1. The van der Waals surface area contributed by atoms with E-state index in [2.05, 4.69) is 20.0 Å². The van der Waals surface area contributed by atoms with Crippen molar-refractivity contribution in [3.05, 3.63) is 46.3 Å². The van der Waals surface area contributed by atoms with Gasteiger partial charge >= 0.3 is 0 Å². The molecule has 2 fully saturated rings. The van der Waals surface area contributed by atoms with Crippen LogP contribution in [-0.2, 0) is 6.54 Å². The van der Waals surface area contributed by atoms with E-state index in [-0.39, 0.29) is 5.56 Å². The molecule has 0 bridgehead atoms. The van der Waals surface area contributed by atoms with Gasteiger partial charge in [-0.2, -0.15) is 5.10 Å². The Morgan fingerprint density at radius 1 is 1.23 bits per heavy atom. The second-order valence-corrected chi connectivity index (χ2v) is 6.34. The third-order valence-corrected chi connectivity index (χ3v) is 4.38. The summed E-state index contributed by atoms with van der Waals surface area (Å²) in [5.74, 6) is 2.00. The fourth-order valence-corrected chi connectivity index (χ4v) is 2.92. The average molecular weight is 297 g/mol. The predicted molar refractivity (Wildman–Crippen MR) is 82.9 cm³/mol. The number of hydrogen-bond acceptors (Lipinski definition) is 5. The zero-order valence-corrected chi connectivity index (χ0v) is 12.6. The van der Waals surface area contributed by atoms with Crippen molar-refractivity contribution in [3.63, 3.8) is 0 Å². The van der Waals surface area contributed by atoms with Gasteiger partial charge in [-0.25, -0.2) is 14.6 Å². The Morgan fingerprint density at radius 2 is 2.05 bits per heavy atom. The van der Waals surface area contributed by atoms with Gasteiger partial charge < -0.3 is 4.90 Å². The highest BCUT2D eigenvalue weighted by Gasteiger charge is 2.30. The van der Waals surface area contributed by atoms with E-state index in [1.165, 1.54) is 12.8 Å². The van der Waals surface area contributed by atoms with Gasteiger partial charge in [0.2, 0.25) is 0 Å². The van der Waals surface area contributed by atoms with Crippen LogP contribution in [0.4, 0.5) is 5.82 Å². The Hall–Kier alpha value is -2.24. The number of aromatic nitrogens is 4. The summed E-state index contributed by atoms with van der Waals surface area (Å²) in [6, 6.07) is 5.53. The summed E-state index contributed by atoms with van der Waals surface area (Å²) < 4.78 is 1.64. The third-order valence-electron chi connectivity index (χ3n) is 4.38. The molecule has 2 aromatic heterocycles. The molecule has 0 radical (unpaired) electrons. The van der Waals surface area contributed by atoms with Crippen LogP contribution in [0, 0.1) is 12.8 Å². The summed E-state index contributed by atoms with van der Waals surface area (Å²) in [4.78, 5) is 22.6. The first-order chi connectivity index (χ1) is 10.7. The van der Waals surface area contributed by atoms with Crippen LogP contribution in [0.2, 0.25) is 0 Å². The first-order valence-electron chi connectivity index (χ1n) is 7.81. The van der Waals surface area contributed by atoms with E-state index in [4.69, 9.17) is 0 Å². The minimum atomic E-state index is 0.000676. The quantitative estimate of drug-likeness (QED) is 0.852. The molecule has 1 aliphatic carbocycles. The van der Waals surface area contributed by atoms with Gasteiger partial charge in [-0.1, -0.05) is 0 Å². The van der Waals surface area contributed by atoms with Crippen LogP contribution in [0.1, 0.15) is 30.1 Å². The van der Waals surface area contributed by atoms with Gasteiger partial charge in [0.1, 0.15) is 12.1 Å². The molecule has 6 heteroatoms. The van der Waals surface area contributed by atoms with E-state index in [0.717, 1.165) is 30.3 Å². The zero-order valence-electron chi connectivity index (χ0n) is 12.6. The van der Waals surface area contributed by atoms with E-state index >= 15 is 0 Å². The maximum Gasteiger partial charge on any atom is 0.266 e. The standard InChI is InChI=1S/C16H19N5O/c1-11-6-15(18-10-17-11)20-7-12(8-20)9-21-16(22)5-4-14(19-21)13-2-3-13/h4-6,10,12-13H,2-3,7-9H2,1H3. The topological polar surface area (TPSA) is 63.9 Å². The highest BCUT2D eigenvalue weighted by atomic mass is 16.1. The van der Waals surface area contributed by atoms with Crippen LogP contribution in [0.5, 0.6) is 0 Å². The summed E-state index contributed by atoms with van der Waals surface area (Å²) in [7, 11) is 0. The second-order valence-electron chi connectivity index (χ2n) is 6.34. The molecule has 22 heavy (non-hydrogen) atoms. The van der Waals surface area contributed by atoms with Crippen molar-refractivity contribution in [2.45, 2.75) is 32.2 Å². The highest BCUT2D eigenvalue weighted by molar-refractivity contribution is 5.41. The Balaban J connectivity index is 1.42. The molecule has 3 heterocycles. The molecule has 1 saturated heterocycles. The number of hydrogen-bond donors (Lipinski definition) is 0. The van der Waals surface area contributed by atoms with Crippen molar-refractivity contribution in [1.29, 1.82) is 0 Å². The van der Waals surface area contributed by atoms with Gasteiger partial charge in [-0.15, -0.1) is 0 Å². The normalized spacial score (nSPS) is 18.3. The van der Waals surface area contributed by atoms with Gasteiger partial charge in [-0.3, -0.25) is 4.79 Å². The average Bonchev–Trinajstić information content (AvgIpc) is 3.28. The summed E-state index contributed by atoms with van der Waals surface area (Å²) in [6.07, 6.45) is 4.01. The molecule has 114 valence electrons. The molecule has 0 N–H and O–H groups in total. The van der Waals surface area contributed by atoms with E-state index in [1.54, 1.807) is 17.1 Å². The largest absolute Gasteiger partial charge is 0.356 e. The molecule has 2 aromatic rings. The molecule has 2 aliphatic rings. The Bertz CT molecular complexity index is 746. The van der Waals surface area contributed by atoms with E-state index in [0.29, 0.717) is 18.4 Å². The van der Waals surface area contributed by atoms with Crippen LogP contribution in [-0.4, -0.2) is 32.8 Å². The van der Waals surface area contributed by atoms with Crippen molar-refractivity contribution in [2.24, 2.45) is 5.92 Å². The molecule has 0 aromatic carbocycles. The summed E-state index contributed by atoms with van der Waals surface area (Å²) >= 11 is 0. The van der Waals surface area contributed by atoms with Crippen molar-refractivity contribution in [1.82, 2.24) is 19.7 Å². The van der Waals surface area contributed by atoms with Crippen molar-refractivity contribution < 1.29 is 0 Å². The number of nitrogens with zero attached hydrogens (tertiary/aromatic N) is 5. The van der Waals surface area contributed by atoms with Gasteiger partial charge in [0, 0.05) is 42.8 Å². The lowest BCUT2D eigenvalue weighted by Crippen LogP contribution is -2.50. The first kappa shape index (κ1) is 13.4. The lowest BCUT2D eigenvalue weighted by molar-refractivity contribution is 0.331. The molecular formula is C16H19N5O. The van der Waals surface area contributed by atoms with Crippen LogP contribution < -0.4 is 10.5 Å². The Morgan fingerprint density at radius 3 is 2.77 bits per heavy atom. The number of anilines is 1. The Labute approximate surface area is 128 Å². The van der Waals surface area contributed by atoms with Crippen molar-refractivity contribution >= 4 is 5.82 Å². The predicted octanol–water partition coefficient (Wildman–Crippen LogP) is 1.36. The summed E-state index contributed by atoms with van der Waals surface area (Å²) in [6.45, 7) is 4.49. The number of rotatable bonds is 4. The molecule has 0 spiro atoms. The van der Waals surface area contributed by atoms with Crippen LogP contribution >= 0.6 is 0 Å². The molecule has 0 amide bonds. The lowest BCUT2D eigenvalue weighted by Gasteiger charge is -2.40. The molecule has 6 nitrogen and oxygen atoms in total. The van der Waals surface area contributed by atoms with Gasteiger partial charge in [0.15, 0.2) is 0 Å². The maximum absolute atomic E-state index is 12.0. The SMILES string of the molecule is Cc1cc(N2CC(Cn3nc(C4CC4)ccc3=O)C2)ncn1. The van der Waals surface area contributed by atoms with Gasteiger partial charge in [0.25, 0.3) is 5.56 Å². The minimum absolute atomic E-state index is 0.000676. The summed E-state index contributed by atoms with van der Waals surface area (Å²) in [5, 5.41) is 4.53. The van der Waals surface area contributed by atoms with Crippen LogP contribution in [0.3, 0.4) is 0 Å². The highest BCUT2D eigenvalue weighted by Crippen LogP contribution is 2.38. The molecule has 0 unspecified atom stereocenters. The second kappa shape index (κ2) is 5.19. The minimum Gasteiger partial charge on any atom is -0.356 e. The van der Waals surface area contributed by atoms with E-state index in [1.807, 2.05) is 19.1 Å². The van der Waals surface area contributed by atoms with E-state index in [9.17, 15) is 4.79 Å². The number of aryl methyl sites for hydroxylation is 1. The van der Waals surface area contributed by atoms with Crippen molar-refractivity contribution in [3.8, 4) is 0 Å². The first-order valence-corrected chi connectivity index (χ1v) is 7.81.